The van der Waals surface area contributed by atoms with E-state index >= 15 is 0 Å². The highest BCUT2D eigenvalue weighted by Gasteiger charge is 2.21. The molecule has 0 aliphatic heterocycles. The van der Waals surface area contributed by atoms with Crippen molar-refractivity contribution in [1.82, 2.24) is 14.0 Å². The van der Waals surface area contributed by atoms with Gasteiger partial charge >= 0.3 is 5.97 Å². The van der Waals surface area contributed by atoms with E-state index in [1.165, 1.54) is 6.33 Å². The summed E-state index contributed by atoms with van der Waals surface area (Å²) < 4.78 is 13.6. The van der Waals surface area contributed by atoms with Gasteiger partial charge in [-0.2, -0.15) is 0 Å². The highest BCUT2D eigenvalue weighted by molar-refractivity contribution is 5.96. The molecule has 2 aromatic heterocycles. The van der Waals surface area contributed by atoms with E-state index in [0.717, 1.165) is 22.3 Å². The lowest BCUT2D eigenvalue weighted by molar-refractivity contribution is 0.0522. The average molecular weight is 377 g/mol. The predicted molar refractivity (Wildman–Crippen MR) is 105 cm³/mol. The van der Waals surface area contributed by atoms with Gasteiger partial charge in [0.05, 0.1) is 31.3 Å². The maximum Gasteiger partial charge on any atom is 0.359 e. The Morgan fingerprint density at radius 1 is 1.07 bits per heavy atom. The molecule has 28 heavy (non-hydrogen) atoms. The summed E-state index contributed by atoms with van der Waals surface area (Å²) in [5.41, 5.74) is 2.42. The maximum absolute atomic E-state index is 13.3. The fourth-order valence-electron chi connectivity index (χ4n) is 3.29. The third-order valence-electron chi connectivity index (χ3n) is 4.62. The molecule has 0 saturated heterocycles. The molecule has 0 aliphatic carbocycles. The van der Waals surface area contributed by atoms with Gasteiger partial charge in [-0.25, -0.2) is 9.78 Å². The highest BCUT2D eigenvalue weighted by atomic mass is 16.5. The minimum atomic E-state index is -0.603. The summed E-state index contributed by atoms with van der Waals surface area (Å²) in [6.45, 7) is 2.28. The number of ether oxygens (including phenoxy) is 2. The number of fused-ring (bicyclic) bond motifs is 3. The molecule has 0 aliphatic rings. The van der Waals surface area contributed by atoms with Gasteiger partial charge in [-0.1, -0.05) is 24.3 Å². The Bertz CT molecular complexity index is 1220. The number of nitrogens with zero attached hydrogens (tertiary/aromatic N) is 3. The highest BCUT2D eigenvalue weighted by Crippen LogP contribution is 2.19. The second-order valence-corrected chi connectivity index (χ2v) is 6.26. The van der Waals surface area contributed by atoms with Crippen molar-refractivity contribution in [2.24, 2.45) is 0 Å². The van der Waals surface area contributed by atoms with Gasteiger partial charge in [0.1, 0.15) is 17.6 Å². The Morgan fingerprint density at radius 2 is 1.79 bits per heavy atom. The zero-order valence-corrected chi connectivity index (χ0v) is 15.6. The summed E-state index contributed by atoms with van der Waals surface area (Å²) in [4.78, 5) is 29.8. The molecule has 0 amide bonds. The fourth-order valence-corrected chi connectivity index (χ4v) is 3.29. The molecule has 4 aromatic rings. The Hall–Kier alpha value is -3.61. The van der Waals surface area contributed by atoms with Gasteiger partial charge in [-0.3, -0.25) is 9.20 Å². The molecule has 4 rings (SSSR count). The van der Waals surface area contributed by atoms with Crippen LogP contribution in [0.15, 0.2) is 59.7 Å². The molecule has 0 unspecified atom stereocenters. The van der Waals surface area contributed by atoms with Gasteiger partial charge in [0, 0.05) is 0 Å². The first-order valence-corrected chi connectivity index (χ1v) is 8.92. The van der Waals surface area contributed by atoms with Crippen LogP contribution in [0.3, 0.4) is 0 Å². The number of aromatic nitrogens is 3. The van der Waals surface area contributed by atoms with Crippen LogP contribution in [0.5, 0.6) is 5.75 Å². The van der Waals surface area contributed by atoms with E-state index in [1.807, 2.05) is 48.5 Å². The third-order valence-corrected chi connectivity index (χ3v) is 4.62. The van der Waals surface area contributed by atoms with Crippen molar-refractivity contribution < 1.29 is 14.3 Å². The van der Waals surface area contributed by atoms with Crippen molar-refractivity contribution in [3.63, 3.8) is 0 Å². The van der Waals surface area contributed by atoms with Crippen LogP contribution in [-0.2, 0) is 11.3 Å². The number of imidazole rings is 1. The molecule has 7 heteroatoms. The lowest BCUT2D eigenvalue weighted by Gasteiger charge is -2.13. The van der Waals surface area contributed by atoms with Gasteiger partial charge in [0.15, 0.2) is 5.69 Å². The molecule has 2 aromatic carbocycles. The summed E-state index contributed by atoms with van der Waals surface area (Å²) in [5.74, 6) is 0.144. The summed E-state index contributed by atoms with van der Waals surface area (Å²) in [6.07, 6.45) is 1.49. The van der Waals surface area contributed by atoms with Crippen LogP contribution in [0, 0.1) is 0 Å². The first-order valence-electron chi connectivity index (χ1n) is 8.92. The second-order valence-electron chi connectivity index (χ2n) is 6.26. The van der Waals surface area contributed by atoms with Gasteiger partial charge < -0.3 is 14.0 Å². The van der Waals surface area contributed by atoms with Gasteiger partial charge in [0.25, 0.3) is 5.56 Å². The molecule has 142 valence electrons. The molecule has 0 fully saturated rings. The molecule has 0 N–H and O–H groups in total. The van der Waals surface area contributed by atoms with Crippen molar-refractivity contribution in [1.29, 1.82) is 0 Å². The normalized spacial score (nSPS) is 11.1. The SMILES string of the molecule is CCOC(=O)c1ncn2c1c(=O)n(Cc1ccc(OC)cc1)c1ccccc12. The van der Waals surface area contributed by atoms with E-state index in [0.29, 0.717) is 6.54 Å². The van der Waals surface area contributed by atoms with Crippen molar-refractivity contribution in [2.75, 3.05) is 13.7 Å². The van der Waals surface area contributed by atoms with Crippen molar-refractivity contribution in [3.05, 3.63) is 76.5 Å². The number of carbonyl (C=O) groups excluding carboxylic acids is 1. The summed E-state index contributed by atoms with van der Waals surface area (Å²) >= 11 is 0. The molecule has 0 bridgehead atoms. The topological polar surface area (TPSA) is 74.8 Å². The van der Waals surface area contributed by atoms with Gasteiger partial charge in [-0.15, -0.1) is 0 Å². The predicted octanol–water partition coefficient (Wildman–Crippen LogP) is 2.88. The van der Waals surface area contributed by atoms with E-state index in [9.17, 15) is 9.59 Å². The number of methoxy groups -OCH3 is 1. The number of hydrogen-bond donors (Lipinski definition) is 0. The first-order chi connectivity index (χ1) is 13.6. The lowest BCUT2D eigenvalue weighted by atomic mass is 10.2. The molecule has 0 saturated carbocycles. The maximum atomic E-state index is 13.3. The molecule has 0 radical (unpaired) electrons. The third kappa shape index (κ3) is 2.90. The molecular formula is C21H19N3O4. The Kier molecular flexibility index (Phi) is 4.57. The smallest absolute Gasteiger partial charge is 0.359 e. The summed E-state index contributed by atoms with van der Waals surface area (Å²) in [6, 6.07) is 15.1. The van der Waals surface area contributed by atoms with Crippen LogP contribution in [0.2, 0.25) is 0 Å². The first kappa shape index (κ1) is 17.8. The molecule has 0 atom stereocenters. The molecule has 7 nitrogen and oxygen atoms in total. The Labute approximate surface area is 160 Å². The standard InChI is InChI=1S/C21H19N3O4/c1-3-28-21(26)18-19-20(25)23(12-14-8-10-15(27-2)11-9-14)16-6-4-5-7-17(16)24(19)13-22-18/h4-11,13H,3,12H2,1-2H3. The van der Waals surface area contributed by atoms with E-state index in [2.05, 4.69) is 4.98 Å². The number of esters is 1. The zero-order valence-electron chi connectivity index (χ0n) is 15.6. The van der Waals surface area contributed by atoms with Gasteiger partial charge in [0.2, 0.25) is 0 Å². The minimum absolute atomic E-state index is 0.0288. The number of rotatable bonds is 5. The number of hydrogen-bond acceptors (Lipinski definition) is 5. The number of para-hydroxylation sites is 2. The van der Waals surface area contributed by atoms with E-state index in [4.69, 9.17) is 9.47 Å². The van der Waals surface area contributed by atoms with Crippen molar-refractivity contribution in [2.45, 2.75) is 13.5 Å². The fraction of sp³-hybridized carbons (Fsp3) is 0.190. The average Bonchev–Trinajstić information content (AvgIpc) is 3.17. The number of carbonyl (C=O) groups is 1. The van der Waals surface area contributed by atoms with Gasteiger partial charge in [-0.05, 0) is 36.8 Å². The quantitative estimate of drug-likeness (QED) is 0.500. The van der Waals surface area contributed by atoms with Crippen molar-refractivity contribution >= 4 is 22.5 Å². The van der Waals surface area contributed by atoms with Crippen LogP contribution in [0.1, 0.15) is 23.0 Å². The second kappa shape index (κ2) is 7.19. The Morgan fingerprint density at radius 3 is 2.46 bits per heavy atom. The summed E-state index contributed by atoms with van der Waals surface area (Å²) in [7, 11) is 1.61. The molecular weight excluding hydrogens is 358 g/mol. The van der Waals surface area contributed by atoms with E-state index in [1.54, 1.807) is 23.0 Å². The summed E-state index contributed by atoms with van der Waals surface area (Å²) in [5, 5.41) is 0. The Balaban J connectivity index is 1.95. The minimum Gasteiger partial charge on any atom is -0.497 e. The monoisotopic (exact) mass is 377 g/mol. The zero-order chi connectivity index (χ0) is 19.7. The van der Waals surface area contributed by atoms with E-state index in [-0.39, 0.29) is 23.4 Å². The van der Waals surface area contributed by atoms with Crippen LogP contribution in [0.25, 0.3) is 16.6 Å². The van der Waals surface area contributed by atoms with Crippen molar-refractivity contribution in [3.8, 4) is 5.75 Å². The number of benzene rings is 2. The molecule has 0 spiro atoms. The van der Waals surface area contributed by atoms with Crippen LogP contribution < -0.4 is 10.3 Å². The van der Waals surface area contributed by atoms with Crippen LogP contribution in [-0.4, -0.2) is 33.6 Å². The lowest BCUT2D eigenvalue weighted by Crippen LogP contribution is -2.25. The molecule has 2 heterocycles. The van der Waals surface area contributed by atoms with Crippen LogP contribution in [0.4, 0.5) is 0 Å². The largest absolute Gasteiger partial charge is 0.497 e. The van der Waals surface area contributed by atoms with Crippen LogP contribution >= 0.6 is 0 Å². The van der Waals surface area contributed by atoms with E-state index < -0.39 is 5.97 Å².